The van der Waals surface area contributed by atoms with Crippen molar-refractivity contribution in [3.05, 3.63) is 69.6 Å². The summed E-state index contributed by atoms with van der Waals surface area (Å²) in [5.74, 6) is -0.586. The molecule has 0 aliphatic heterocycles. The van der Waals surface area contributed by atoms with E-state index in [4.69, 9.17) is 0 Å². The van der Waals surface area contributed by atoms with Crippen LogP contribution in [0.2, 0.25) is 0 Å². The maximum atomic E-state index is 12.4. The zero-order valence-electron chi connectivity index (χ0n) is 10.7. The molecule has 1 aromatic heterocycles. The Bertz CT molecular complexity index is 690. The summed E-state index contributed by atoms with van der Waals surface area (Å²) in [4.78, 5) is 25.8. The first-order valence-electron chi connectivity index (χ1n) is 5.99. The maximum absolute atomic E-state index is 12.4. The first-order valence-corrected chi connectivity index (χ1v) is 5.99. The van der Waals surface area contributed by atoms with E-state index in [0.717, 1.165) is 12.1 Å². The Morgan fingerprint density at radius 3 is 2.38 bits per heavy atom. The molecule has 2 N–H and O–H groups in total. The van der Waals surface area contributed by atoms with Crippen LogP contribution in [0.1, 0.15) is 21.5 Å². The molecule has 2 rings (SSSR count). The summed E-state index contributed by atoms with van der Waals surface area (Å²) in [6.07, 6.45) is -1.72. The van der Waals surface area contributed by atoms with Crippen LogP contribution in [0.15, 0.2) is 47.5 Å². The molecule has 0 saturated carbocycles. The smallest absolute Gasteiger partial charge is 0.367 e. The van der Waals surface area contributed by atoms with Gasteiger partial charge >= 0.3 is 6.18 Å². The molecule has 1 heterocycles. The molecule has 0 fully saturated rings. The molecule has 1 amide bonds. The summed E-state index contributed by atoms with van der Waals surface area (Å²) in [6, 6.07) is 5.65. The van der Waals surface area contributed by atoms with Crippen LogP contribution < -0.4 is 10.7 Å². The lowest BCUT2D eigenvalue weighted by molar-refractivity contribution is -0.137. The highest BCUT2D eigenvalue weighted by Gasteiger charge is 2.29. The summed E-state index contributed by atoms with van der Waals surface area (Å²) in [7, 11) is 0. The minimum Gasteiger partial charge on any atom is -0.367 e. The summed E-state index contributed by atoms with van der Waals surface area (Å²) in [5, 5.41) is 2.47. The van der Waals surface area contributed by atoms with Gasteiger partial charge in [0, 0.05) is 25.0 Å². The Labute approximate surface area is 117 Å². The summed E-state index contributed by atoms with van der Waals surface area (Å²) < 4.78 is 37.2. The van der Waals surface area contributed by atoms with Crippen molar-refractivity contribution in [1.82, 2.24) is 10.3 Å². The Morgan fingerprint density at radius 1 is 1.14 bits per heavy atom. The van der Waals surface area contributed by atoms with Gasteiger partial charge in [0.1, 0.15) is 5.56 Å². The van der Waals surface area contributed by atoms with Gasteiger partial charge in [-0.2, -0.15) is 13.2 Å². The van der Waals surface area contributed by atoms with E-state index in [2.05, 4.69) is 10.3 Å². The third kappa shape index (κ3) is 3.71. The van der Waals surface area contributed by atoms with E-state index in [1.165, 1.54) is 30.6 Å². The molecule has 0 aliphatic carbocycles. The van der Waals surface area contributed by atoms with Crippen molar-refractivity contribution in [2.75, 3.05) is 0 Å². The second kappa shape index (κ2) is 5.82. The topological polar surface area (TPSA) is 62.0 Å². The van der Waals surface area contributed by atoms with Gasteiger partial charge < -0.3 is 10.3 Å². The molecular formula is C14H11F3N2O2. The van der Waals surface area contributed by atoms with E-state index in [-0.39, 0.29) is 12.1 Å². The number of carbonyl (C=O) groups is 1. The third-order valence-corrected chi connectivity index (χ3v) is 2.80. The fourth-order valence-corrected chi connectivity index (χ4v) is 1.68. The van der Waals surface area contributed by atoms with Gasteiger partial charge in [-0.15, -0.1) is 0 Å². The minimum atomic E-state index is -4.39. The Balaban J connectivity index is 2.02. The molecule has 0 bridgehead atoms. The lowest BCUT2D eigenvalue weighted by atomic mass is 10.1. The lowest BCUT2D eigenvalue weighted by Crippen LogP contribution is -2.28. The van der Waals surface area contributed by atoms with Crippen molar-refractivity contribution in [3.8, 4) is 0 Å². The van der Waals surface area contributed by atoms with E-state index in [0.29, 0.717) is 5.56 Å². The van der Waals surface area contributed by atoms with Gasteiger partial charge in [0.15, 0.2) is 5.43 Å². The molecule has 2 aromatic rings. The number of aromatic amines is 1. The normalized spacial score (nSPS) is 11.2. The average molecular weight is 296 g/mol. The van der Waals surface area contributed by atoms with Gasteiger partial charge in [-0.05, 0) is 17.7 Å². The number of halogens is 3. The van der Waals surface area contributed by atoms with Gasteiger partial charge in [0.2, 0.25) is 0 Å². The molecule has 0 unspecified atom stereocenters. The van der Waals surface area contributed by atoms with Crippen molar-refractivity contribution >= 4 is 5.91 Å². The highest BCUT2D eigenvalue weighted by atomic mass is 19.4. The van der Waals surface area contributed by atoms with Crippen molar-refractivity contribution in [3.63, 3.8) is 0 Å². The van der Waals surface area contributed by atoms with Crippen LogP contribution in [-0.2, 0) is 12.7 Å². The number of benzene rings is 1. The highest BCUT2D eigenvalue weighted by Crippen LogP contribution is 2.28. The molecule has 0 atom stereocenters. The minimum absolute atomic E-state index is 0.0330. The van der Waals surface area contributed by atoms with E-state index in [1.54, 1.807) is 0 Å². The monoisotopic (exact) mass is 296 g/mol. The van der Waals surface area contributed by atoms with E-state index in [9.17, 15) is 22.8 Å². The van der Waals surface area contributed by atoms with Crippen LogP contribution in [0.25, 0.3) is 0 Å². The number of amides is 1. The Kier molecular flexibility index (Phi) is 4.11. The van der Waals surface area contributed by atoms with Gasteiger partial charge in [0.05, 0.1) is 5.56 Å². The molecule has 1 aromatic carbocycles. The van der Waals surface area contributed by atoms with Gasteiger partial charge in [-0.1, -0.05) is 12.1 Å². The Hall–Kier alpha value is -2.57. The number of H-pyrrole nitrogens is 1. The number of rotatable bonds is 3. The molecule has 4 nitrogen and oxygen atoms in total. The lowest BCUT2D eigenvalue weighted by Gasteiger charge is -2.08. The number of pyridine rings is 1. The molecule has 0 radical (unpaired) electrons. The van der Waals surface area contributed by atoms with Crippen LogP contribution in [0.5, 0.6) is 0 Å². The van der Waals surface area contributed by atoms with Crippen LogP contribution >= 0.6 is 0 Å². The van der Waals surface area contributed by atoms with Crippen molar-refractivity contribution in [2.45, 2.75) is 12.7 Å². The molecule has 110 valence electrons. The van der Waals surface area contributed by atoms with Gasteiger partial charge in [-0.3, -0.25) is 9.59 Å². The fourth-order valence-electron chi connectivity index (χ4n) is 1.68. The van der Waals surface area contributed by atoms with E-state index >= 15 is 0 Å². The van der Waals surface area contributed by atoms with Crippen LogP contribution in [0.4, 0.5) is 13.2 Å². The predicted molar refractivity (Wildman–Crippen MR) is 69.7 cm³/mol. The zero-order valence-corrected chi connectivity index (χ0v) is 10.7. The van der Waals surface area contributed by atoms with Gasteiger partial charge in [0.25, 0.3) is 5.91 Å². The quantitative estimate of drug-likeness (QED) is 0.913. The standard InChI is InChI=1S/C14H11F3N2O2/c15-14(16,17)10-3-1-9(2-4-10)7-19-13(21)11-8-18-6-5-12(11)20/h1-6,8H,7H2,(H,18,20)(H,19,21). The molecule has 7 heteroatoms. The third-order valence-electron chi connectivity index (χ3n) is 2.80. The van der Waals surface area contributed by atoms with Crippen LogP contribution in [0, 0.1) is 0 Å². The number of carbonyl (C=O) groups excluding carboxylic acids is 1. The largest absolute Gasteiger partial charge is 0.416 e. The summed E-state index contributed by atoms with van der Waals surface area (Å²) in [5.41, 5.74) is -0.733. The van der Waals surface area contributed by atoms with Crippen molar-refractivity contribution in [2.24, 2.45) is 0 Å². The second-order valence-electron chi connectivity index (χ2n) is 4.30. The van der Waals surface area contributed by atoms with Gasteiger partial charge in [-0.25, -0.2) is 0 Å². The average Bonchev–Trinajstić information content (AvgIpc) is 2.45. The molecular weight excluding hydrogens is 285 g/mol. The second-order valence-corrected chi connectivity index (χ2v) is 4.30. The molecule has 0 saturated heterocycles. The number of hydrogen-bond donors (Lipinski definition) is 2. The molecule has 21 heavy (non-hydrogen) atoms. The number of alkyl halides is 3. The first kappa shape index (κ1) is 14.8. The summed E-state index contributed by atoms with van der Waals surface area (Å²) >= 11 is 0. The number of hydrogen-bond acceptors (Lipinski definition) is 2. The predicted octanol–water partition coefficient (Wildman–Crippen LogP) is 2.32. The Morgan fingerprint density at radius 2 is 1.81 bits per heavy atom. The van der Waals surface area contributed by atoms with Crippen molar-refractivity contribution in [1.29, 1.82) is 0 Å². The van der Waals surface area contributed by atoms with E-state index in [1.807, 2.05) is 0 Å². The SMILES string of the molecule is O=C(NCc1ccc(C(F)(F)F)cc1)c1c[nH]ccc1=O. The maximum Gasteiger partial charge on any atom is 0.416 e. The first-order chi connectivity index (χ1) is 9.88. The zero-order chi connectivity index (χ0) is 15.5. The number of aromatic nitrogens is 1. The van der Waals surface area contributed by atoms with Crippen LogP contribution in [0.3, 0.4) is 0 Å². The highest BCUT2D eigenvalue weighted by molar-refractivity contribution is 5.93. The fraction of sp³-hybridized carbons (Fsp3) is 0.143. The van der Waals surface area contributed by atoms with Crippen LogP contribution in [-0.4, -0.2) is 10.9 Å². The summed E-state index contributed by atoms with van der Waals surface area (Å²) in [6.45, 7) is 0.0330. The van der Waals surface area contributed by atoms with Crippen molar-refractivity contribution < 1.29 is 18.0 Å². The number of nitrogens with one attached hydrogen (secondary N) is 2. The van der Waals surface area contributed by atoms with E-state index < -0.39 is 23.1 Å². The molecule has 0 spiro atoms. The molecule has 0 aliphatic rings.